The fraction of sp³-hybridized carbons (Fsp3) is 0.111. The van der Waals surface area contributed by atoms with E-state index < -0.39 is 17.3 Å². The number of halogens is 1. The fourth-order valence-electron chi connectivity index (χ4n) is 2.76. The molecule has 0 radical (unpaired) electrons. The number of ether oxygens (including phenoxy) is 1. The highest BCUT2D eigenvalue weighted by molar-refractivity contribution is 6.08. The van der Waals surface area contributed by atoms with Crippen LogP contribution in [0.2, 0.25) is 0 Å². The summed E-state index contributed by atoms with van der Waals surface area (Å²) >= 11 is 0. The number of rotatable bonds is 1. The van der Waals surface area contributed by atoms with E-state index in [0.29, 0.717) is 22.4 Å². The molecule has 0 bridgehead atoms. The summed E-state index contributed by atoms with van der Waals surface area (Å²) in [6.07, 6.45) is 0. The van der Waals surface area contributed by atoms with Crippen molar-refractivity contribution in [2.75, 3.05) is 18.1 Å². The Labute approximate surface area is 135 Å². The van der Waals surface area contributed by atoms with Crippen LogP contribution in [0.15, 0.2) is 57.7 Å². The number of carbonyl (C=O) groups is 1. The smallest absolute Gasteiger partial charge is 0.349 e. The molecule has 1 aliphatic rings. The molecule has 3 aromatic rings. The Morgan fingerprint density at radius 1 is 1.12 bits per heavy atom. The monoisotopic (exact) mass is 325 g/mol. The number of hydrogen-bond donors (Lipinski definition) is 0. The van der Waals surface area contributed by atoms with Crippen LogP contribution < -0.4 is 15.3 Å². The number of benzene rings is 2. The molecule has 4 rings (SSSR count). The number of fused-ring (bicyclic) bond motifs is 2. The van der Waals surface area contributed by atoms with Gasteiger partial charge in [-0.15, -0.1) is 0 Å². The fourth-order valence-corrected chi connectivity index (χ4v) is 2.76. The van der Waals surface area contributed by atoms with Gasteiger partial charge in [-0.05, 0) is 24.3 Å². The Kier molecular flexibility index (Phi) is 3.30. The molecule has 1 amide bonds. The second-order valence-corrected chi connectivity index (χ2v) is 5.40. The molecule has 0 aliphatic carbocycles. The normalized spacial score (nSPS) is 13.5. The van der Waals surface area contributed by atoms with Gasteiger partial charge < -0.3 is 14.1 Å². The van der Waals surface area contributed by atoms with Crippen molar-refractivity contribution >= 4 is 22.6 Å². The van der Waals surface area contributed by atoms with E-state index >= 15 is 0 Å². The zero-order valence-corrected chi connectivity index (χ0v) is 12.5. The number of hydrogen-bond acceptors (Lipinski definition) is 4. The van der Waals surface area contributed by atoms with Crippen LogP contribution in [0.5, 0.6) is 5.75 Å². The highest BCUT2D eigenvalue weighted by atomic mass is 19.1. The standard InChI is InChI=1S/C18H12FNO4/c19-12-5-6-16-14(10-12)20(7-8-23-16)17(21)13-9-11-3-1-2-4-15(11)24-18(13)22/h1-6,9-10H,7-8H2. The van der Waals surface area contributed by atoms with Gasteiger partial charge in [-0.2, -0.15) is 0 Å². The lowest BCUT2D eigenvalue weighted by molar-refractivity contribution is 0.0973. The Hall–Kier alpha value is -3.15. The predicted molar refractivity (Wildman–Crippen MR) is 86.1 cm³/mol. The van der Waals surface area contributed by atoms with Gasteiger partial charge in [-0.25, -0.2) is 9.18 Å². The lowest BCUT2D eigenvalue weighted by Crippen LogP contribution is -2.39. The third kappa shape index (κ3) is 2.32. The molecule has 0 atom stereocenters. The van der Waals surface area contributed by atoms with Crippen LogP contribution >= 0.6 is 0 Å². The van der Waals surface area contributed by atoms with Gasteiger partial charge in [0.25, 0.3) is 5.91 Å². The zero-order valence-electron chi connectivity index (χ0n) is 12.5. The molecule has 5 nitrogen and oxygen atoms in total. The number of para-hydroxylation sites is 1. The summed E-state index contributed by atoms with van der Waals surface area (Å²) in [6, 6.07) is 12.4. The molecule has 2 aromatic carbocycles. The molecule has 24 heavy (non-hydrogen) atoms. The van der Waals surface area contributed by atoms with Crippen LogP contribution in [0.4, 0.5) is 10.1 Å². The average Bonchev–Trinajstić information content (AvgIpc) is 2.60. The molecular weight excluding hydrogens is 313 g/mol. The van der Waals surface area contributed by atoms with E-state index in [1.807, 2.05) is 0 Å². The van der Waals surface area contributed by atoms with Gasteiger partial charge in [0.1, 0.15) is 29.3 Å². The Morgan fingerprint density at radius 3 is 2.83 bits per heavy atom. The van der Waals surface area contributed by atoms with Crippen molar-refractivity contribution in [2.45, 2.75) is 0 Å². The van der Waals surface area contributed by atoms with Crippen LogP contribution in [0.1, 0.15) is 10.4 Å². The zero-order chi connectivity index (χ0) is 16.7. The number of carbonyl (C=O) groups excluding carboxylic acids is 1. The van der Waals surface area contributed by atoms with Gasteiger partial charge in [-0.3, -0.25) is 4.79 Å². The van der Waals surface area contributed by atoms with Crippen molar-refractivity contribution in [1.82, 2.24) is 0 Å². The molecule has 1 aromatic heterocycles. The van der Waals surface area contributed by atoms with Gasteiger partial charge in [0.15, 0.2) is 0 Å². The second-order valence-electron chi connectivity index (χ2n) is 5.40. The molecule has 0 saturated carbocycles. The SMILES string of the molecule is O=C(c1cc2ccccc2oc1=O)N1CCOc2ccc(F)cc21. The molecule has 0 saturated heterocycles. The lowest BCUT2D eigenvalue weighted by atomic mass is 10.1. The van der Waals surface area contributed by atoms with Crippen molar-refractivity contribution in [3.63, 3.8) is 0 Å². The summed E-state index contributed by atoms with van der Waals surface area (Å²) in [5.41, 5.74) is -0.0970. The summed E-state index contributed by atoms with van der Waals surface area (Å²) < 4.78 is 24.2. The quantitative estimate of drug-likeness (QED) is 0.645. The molecule has 1 aliphatic heterocycles. The van der Waals surface area contributed by atoms with Crippen molar-refractivity contribution in [3.8, 4) is 5.75 Å². The minimum Gasteiger partial charge on any atom is -0.490 e. The van der Waals surface area contributed by atoms with Crippen LogP contribution in [0.25, 0.3) is 11.0 Å². The molecule has 6 heteroatoms. The van der Waals surface area contributed by atoms with Crippen molar-refractivity contribution in [2.24, 2.45) is 0 Å². The summed E-state index contributed by atoms with van der Waals surface area (Å²) in [6.45, 7) is 0.491. The maximum absolute atomic E-state index is 13.5. The van der Waals surface area contributed by atoms with E-state index in [4.69, 9.17) is 9.15 Å². The molecule has 0 fully saturated rings. The maximum Gasteiger partial charge on any atom is 0.349 e. The van der Waals surface area contributed by atoms with Crippen molar-refractivity contribution in [1.29, 1.82) is 0 Å². The third-order valence-electron chi connectivity index (χ3n) is 3.90. The van der Waals surface area contributed by atoms with Crippen LogP contribution in [0.3, 0.4) is 0 Å². The van der Waals surface area contributed by atoms with Gasteiger partial charge in [0, 0.05) is 11.5 Å². The van der Waals surface area contributed by atoms with E-state index in [9.17, 15) is 14.0 Å². The molecule has 0 N–H and O–H groups in total. The van der Waals surface area contributed by atoms with Crippen LogP contribution in [0, 0.1) is 5.82 Å². The third-order valence-corrected chi connectivity index (χ3v) is 3.90. The number of nitrogens with zero attached hydrogens (tertiary/aromatic N) is 1. The average molecular weight is 325 g/mol. The molecule has 2 heterocycles. The Bertz CT molecular complexity index is 1010. The number of amides is 1. The van der Waals surface area contributed by atoms with E-state index in [2.05, 4.69) is 0 Å². The molecule has 120 valence electrons. The molecule has 0 unspecified atom stereocenters. The van der Waals surface area contributed by atoms with Crippen LogP contribution in [-0.4, -0.2) is 19.1 Å². The number of anilines is 1. The minimum atomic E-state index is -0.719. The lowest BCUT2D eigenvalue weighted by Gasteiger charge is -2.29. The van der Waals surface area contributed by atoms with Gasteiger partial charge in [0.2, 0.25) is 0 Å². The van der Waals surface area contributed by atoms with Crippen molar-refractivity contribution < 1.29 is 18.3 Å². The van der Waals surface area contributed by atoms with Crippen LogP contribution in [-0.2, 0) is 0 Å². The minimum absolute atomic E-state index is 0.0918. The van der Waals surface area contributed by atoms with E-state index in [1.54, 1.807) is 24.3 Å². The first-order chi connectivity index (χ1) is 11.6. The molecule has 0 spiro atoms. The maximum atomic E-state index is 13.5. The largest absolute Gasteiger partial charge is 0.490 e. The van der Waals surface area contributed by atoms with E-state index in [1.165, 1.54) is 29.2 Å². The van der Waals surface area contributed by atoms with Crippen molar-refractivity contribution in [3.05, 3.63) is 70.3 Å². The highest BCUT2D eigenvalue weighted by Gasteiger charge is 2.27. The first-order valence-corrected chi connectivity index (χ1v) is 7.40. The Balaban J connectivity index is 1.82. The predicted octanol–water partition coefficient (Wildman–Crippen LogP) is 2.97. The summed E-state index contributed by atoms with van der Waals surface area (Å²) in [5.74, 6) is -0.617. The van der Waals surface area contributed by atoms with E-state index in [0.717, 1.165) is 0 Å². The first-order valence-electron chi connectivity index (χ1n) is 7.40. The first kappa shape index (κ1) is 14.4. The molecular formula is C18H12FNO4. The Morgan fingerprint density at radius 2 is 1.96 bits per heavy atom. The highest BCUT2D eigenvalue weighted by Crippen LogP contribution is 2.33. The summed E-state index contributed by atoms with van der Waals surface area (Å²) in [4.78, 5) is 26.3. The van der Waals surface area contributed by atoms with Gasteiger partial charge in [-0.1, -0.05) is 18.2 Å². The van der Waals surface area contributed by atoms with E-state index in [-0.39, 0.29) is 18.7 Å². The van der Waals surface area contributed by atoms with Gasteiger partial charge >= 0.3 is 5.63 Å². The topological polar surface area (TPSA) is 59.8 Å². The second kappa shape index (κ2) is 5.49. The summed E-state index contributed by atoms with van der Waals surface area (Å²) in [5, 5.41) is 0.646. The van der Waals surface area contributed by atoms with Gasteiger partial charge in [0.05, 0.1) is 12.2 Å². The summed E-state index contributed by atoms with van der Waals surface area (Å²) in [7, 11) is 0.